The summed E-state index contributed by atoms with van der Waals surface area (Å²) < 4.78 is 5.87. The second kappa shape index (κ2) is 8.57. The molecule has 1 heterocycles. The maximum Gasteiger partial charge on any atom is 0.251 e. The number of ether oxygens (including phenoxy) is 1. The van der Waals surface area contributed by atoms with Gasteiger partial charge in [0, 0.05) is 29.1 Å². The molecule has 4 heteroatoms. The Balaban J connectivity index is 1.65. The number of hydrogen-bond donors (Lipinski definition) is 1. The molecule has 0 saturated heterocycles. The predicted molar refractivity (Wildman–Crippen MR) is 116 cm³/mol. The Bertz CT molecular complexity index is 1130. The number of benzene rings is 3. The summed E-state index contributed by atoms with van der Waals surface area (Å²) in [6, 6.07) is 27.3. The number of amides is 1. The van der Waals surface area contributed by atoms with Gasteiger partial charge in [0.15, 0.2) is 0 Å². The third-order valence-corrected chi connectivity index (χ3v) is 4.70. The zero-order valence-electron chi connectivity index (χ0n) is 16.3. The van der Waals surface area contributed by atoms with Crippen LogP contribution in [-0.2, 0) is 6.54 Å². The topological polar surface area (TPSA) is 51.2 Å². The summed E-state index contributed by atoms with van der Waals surface area (Å²) >= 11 is 0. The Labute approximate surface area is 170 Å². The molecule has 0 spiro atoms. The van der Waals surface area contributed by atoms with Crippen LogP contribution in [-0.4, -0.2) is 17.5 Å². The van der Waals surface area contributed by atoms with Gasteiger partial charge in [-0.25, -0.2) is 4.98 Å². The molecule has 0 atom stereocenters. The van der Waals surface area contributed by atoms with Crippen LogP contribution >= 0.6 is 0 Å². The van der Waals surface area contributed by atoms with Crippen LogP contribution in [0.3, 0.4) is 0 Å². The van der Waals surface area contributed by atoms with Crippen molar-refractivity contribution in [2.24, 2.45) is 0 Å². The predicted octanol–water partition coefficient (Wildman–Crippen LogP) is 5.23. The van der Waals surface area contributed by atoms with E-state index in [1.807, 2.05) is 85.8 Å². The number of nitrogens with zero attached hydrogens (tertiary/aromatic N) is 1. The number of rotatable bonds is 6. The van der Waals surface area contributed by atoms with E-state index in [0.29, 0.717) is 18.7 Å². The van der Waals surface area contributed by atoms with Crippen LogP contribution in [0.2, 0.25) is 0 Å². The maximum atomic E-state index is 12.6. The van der Waals surface area contributed by atoms with Gasteiger partial charge in [-0.15, -0.1) is 0 Å². The fourth-order valence-electron chi connectivity index (χ4n) is 3.25. The van der Waals surface area contributed by atoms with Crippen LogP contribution in [0.1, 0.15) is 22.8 Å². The Morgan fingerprint density at radius 3 is 2.38 bits per heavy atom. The van der Waals surface area contributed by atoms with Gasteiger partial charge in [-0.2, -0.15) is 0 Å². The quantitative estimate of drug-likeness (QED) is 0.497. The first kappa shape index (κ1) is 18.7. The minimum Gasteiger partial charge on any atom is -0.493 e. The molecule has 0 unspecified atom stereocenters. The number of fused-ring (bicyclic) bond motifs is 1. The van der Waals surface area contributed by atoms with E-state index < -0.39 is 0 Å². The lowest BCUT2D eigenvalue weighted by atomic mass is 10.1. The lowest BCUT2D eigenvalue weighted by molar-refractivity contribution is 0.0951. The van der Waals surface area contributed by atoms with Crippen molar-refractivity contribution >= 4 is 16.8 Å². The highest BCUT2D eigenvalue weighted by Crippen LogP contribution is 2.31. The summed E-state index contributed by atoms with van der Waals surface area (Å²) in [5.74, 6) is 0.611. The molecule has 3 aromatic carbocycles. The first-order valence-corrected chi connectivity index (χ1v) is 9.70. The van der Waals surface area contributed by atoms with Gasteiger partial charge in [0.25, 0.3) is 5.91 Å². The molecule has 0 aliphatic rings. The number of carbonyl (C=O) groups excluding carboxylic acids is 1. The van der Waals surface area contributed by atoms with E-state index in [1.165, 1.54) is 0 Å². The minimum atomic E-state index is -0.120. The Hall–Kier alpha value is -3.66. The van der Waals surface area contributed by atoms with Crippen LogP contribution in [0.15, 0.2) is 84.9 Å². The number of carbonyl (C=O) groups is 1. The molecule has 4 rings (SSSR count). The van der Waals surface area contributed by atoms with E-state index in [2.05, 4.69) is 5.32 Å². The second-order valence-electron chi connectivity index (χ2n) is 6.70. The average Bonchev–Trinajstić information content (AvgIpc) is 2.78. The number of aromatic nitrogens is 1. The number of hydrogen-bond acceptors (Lipinski definition) is 3. The normalized spacial score (nSPS) is 10.7. The largest absolute Gasteiger partial charge is 0.493 e. The smallest absolute Gasteiger partial charge is 0.251 e. The van der Waals surface area contributed by atoms with Crippen LogP contribution < -0.4 is 10.1 Å². The van der Waals surface area contributed by atoms with Crippen molar-refractivity contribution in [2.75, 3.05) is 6.61 Å². The van der Waals surface area contributed by atoms with Crippen LogP contribution in [0, 0.1) is 0 Å². The van der Waals surface area contributed by atoms with Gasteiger partial charge in [0.05, 0.1) is 17.8 Å². The summed E-state index contributed by atoms with van der Waals surface area (Å²) in [5, 5.41) is 3.80. The highest BCUT2D eigenvalue weighted by molar-refractivity contribution is 5.99. The highest BCUT2D eigenvalue weighted by Gasteiger charge is 2.12. The molecule has 0 saturated carbocycles. The molecule has 144 valence electrons. The molecule has 0 radical (unpaired) electrons. The Morgan fingerprint density at radius 1 is 0.931 bits per heavy atom. The number of pyridine rings is 1. The standard InChI is InChI=1S/C25H22N2O2/c1-2-29-24-16-23(19-11-7-4-8-12-19)27-22-14-13-20(15-21(22)24)25(28)26-17-18-9-5-3-6-10-18/h3-16H,2,17H2,1H3,(H,26,28). The van der Waals surface area contributed by atoms with Crippen LogP contribution in [0.25, 0.3) is 22.2 Å². The first-order chi connectivity index (χ1) is 14.2. The molecule has 0 fully saturated rings. The van der Waals surface area contributed by atoms with Gasteiger partial charge < -0.3 is 10.1 Å². The van der Waals surface area contributed by atoms with Crippen molar-refractivity contribution in [3.8, 4) is 17.0 Å². The van der Waals surface area contributed by atoms with E-state index >= 15 is 0 Å². The van der Waals surface area contributed by atoms with E-state index in [1.54, 1.807) is 6.07 Å². The van der Waals surface area contributed by atoms with Crippen LogP contribution in [0.5, 0.6) is 5.75 Å². The molecule has 4 aromatic rings. The summed E-state index contributed by atoms with van der Waals surface area (Å²) in [6.07, 6.45) is 0. The number of nitrogens with one attached hydrogen (secondary N) is 1. The van der Waals surface area contributed by atoms with Crippen molar-refractivity contribution < 1.29 is 9.53 Å². The molecule has 29 heavy (non-hydrogen) atoms. The van der Waals surface area contributed by atoms with Gasteiger partial charge in [0.2, 0.25) is 0 Å². The summed E-state index contributed by atoms with van der Waals surface area (Å²) in [5.41, 5.74) is 4.33. The van der Waals surface area contributed by atoms with E-state index in [9.17, 15) is 4.79 Å². The van der Waals surface area contributed by atoms with Crippen molar-refractivity contribution in [2.45, 2.75) is 13.5 Å². The average molecular weight is 382 g/mol. The van der Waals surface area contributed by atoms with Crippen LogP contribution in [0.4, 0.5) is 0 Å². The fraction of sp³-hybridized carbons (Fsp3) is 0.120. The van der Waals surface area contributed by atoms with Gasteiger partial charge in [-0.1, -0.05) is 60.7 Å². The van der Waals surface area contributed by atoms with Gasteiger partial charge in [-0.05, 0) is 30.7 Å². The summed E-state index contributed by atoms with van der Waals surface area (Å²) in [4.78, 5) is 17.4. The monoisotopic (exact) mass is 382 g/mol. The molecule has 1 aromatic heterocycles. The Kier molecular flexibility index (Phi) is 5.52. The highest BCUT2D eigenvalue weighted by atomic mass is 16.5. The molecule has 0 aliphatic carbocycles. The van der Waals surface area contributed by atoms with Crippen molar-refractivity contribution in [1.29, 1.82) is 0 Å². The van der Waals surface area contributed by atoms with Gasteiger partial charge in [0.1, 0.15) is 5.75 Å². The zero-order chi connectivity index (χ0) is 20.1. The lowest BCUT2D eigenvalue weighted by Gasteiger charge is -2.12. The maximum absolute atomic E-state index is 12.6. The van der Waals surface area contributed by atoms with E-state index in [4.69, 9.17) is 9.72 Å². The summed E-state index contributed by atoms with van der Waals surface area (Å²) in [6.45, 7) is 2.98. The zero-order valence-corrected chi connectivity index (χ0v) is 16.3. The second-order valence-corrected chi connectivity index (χ2v) is 6.70. The fourth-order valence-corrected chi connectivity index (χ4v) is 3.25. The van der Waals surface area contributed by atoms with Crippen molar-refractivity contribution in [1.82, 2.24) is 10.3 Å². The molecular formula is C25H22N2O2. The van der Waals surface area contributed by atoms with Crippen molar-refractivity contribution in [3.05, 3.63) is 96.1 Å². The third kappa shape index (κ3) is 4.27. The lowest BCUT2D eigenvalue weighted by Crippen LogP contribution is -2.22. The molecule has 1 amide bonds. The van der Waals surface area contributed by atoms with E-state index in [-0.39, 0.29) is 5.91 Å². The van der Waals surface area contributed by atoms with E-state index in [0.717, 1.165) is 33.5 Å². The molecule has 0 aliphatic heterocycles. The van der Waals surface area contributed by atoms with Gasteiger partial charge in [-0.3, -0.25) is 4.79 Å². The molecule has 1 N–H and O–H groups in total. The SMILES string of the molecule is CCOc1cc(-c2ccccc2)nc2ccc(C(=O)NCc3ccccc3)cc12. The molecule has 0 bridgehead atoms. The van der Waals surface area contributed by atoms with Gasteiger partial charge >= 0.3 is 0 Å². The third-order valence-electron chi connectivity index (χ3n) is 4.70. The minimum absolute atomic E-state index is 0.120. The van der Waals surface area contributed by atoms with Crippen molar-refractivity contribution in [3.63, 3.8) is 0 Å². The molecular weight excluding hydrogens is 360 g/mol. The molecule has 4 nitrogen and oxygen atoms in total. The summed E-state index contributed by atoms with van der Waals surface area (Å²) in [7, 11) is 0. The Morgan fingerprint density at radius 2 is 1.66 bits per heavy atom. The first-order valence-electron chi connectivity index (χ1n) is 9.70.